The van der Waals surface area contributed by atoms with E-state index in [1.165, 1.54) is 0 Å². The van der Waals surface area contributed by atoms with Crippen LogP contribution in [0.3, 0.4) is 0 Å². The Morgan fingerprint density at radius 2 is 0.385 bits per heavy atom. The maximum Gasteiger partial charge on any atom is 0.216 e. The number of halogens is 3. The Labute approximate surface area is 114 Å². The molecule has 0 bridgehead atoms. The SMILES string of the molecule is [O-][Br+2]([O-])[O-].[O-][Br+2]([O-])[O-].[O-][Br+2]([O-])[O-].[Y]. The van der Waals surface area contributed by atoms with E-state index in [1.807, 2.05) is 0 Å². The predicted molar refractivity (Wildman–Crippen MR) is 0 cm³/mol. The first-order valence-electron chi connectivity index (χ1n) is 1.39. The van der Waals surface area contributed by atoms with Crippen molar-refractivity contribution in [1.29, 1.82) is 0 Å². The fourth-order valence-corrected chi connectivity index (χ4v) is 0. The molecule has 0 aromatic carbocycles. The first-order chi connectivity index (χ1) is 5.20. The van der Waals surface area contributed by atoms with E-state index in [4.69, 9.17) is 37.8 Å². The van der Waals surface area contributed by atoms with E-state index in [-0.39, 0.29) is 32.7 Å². The average molecular weight is 473 g/mol. The largest absolute Gasteiger partial charge is 0.405 e. The molecule has 13 heavy (non-hydrogen) atoms. The molecule has 0 aliphatic carbocycles. The van der Waals surface area contributed by atoms with E-state index in [0.717, 1.165) is 0 Å². The number of rotatable bonds is 0. The third kappa shape index (κ3) is 441. The summed E-state index contributed by atoms with van der Waals surface area (Å²) in [7, 11) is 0. The second kappa shape index (κ2) is 19.7. The maximum absolute atomic E-state index is 8.52. The van der Waals surface area contributed by atoms with E-state index in [2.05, 4.69) is 0 Å². The molecular weight excluding hydrogens is 473 g/mol. The number of hydrogen-bond donors (Lipinski definition) is 0. The van der Waals surface area contributed by atoms with Crippen LogP contribution in [0.1, 0.15) is 0 Å². The molecule has 0 fully saturated rings. The molecule has 0 aliphatic heterocycles. The molecule has 0 rings (SSSR count). The monoisotopic (exact) mass is 470 g/mol. The molecule has 0 heterocycles. The third-order valence-electron chi connectivity index (χ3n) is 0. The van der Waals surface area contributed by atoms with E-state index in [1.54, 1.807) is 0 Å². The van der Waals surface area contributed by atoms with Gasteiger partial charge < -0.3 is 37.8 Å². The molecule has 9 nitrogen and oxygen atoms in total. The van der Waals surface area contributed by atoms with Crippen molar-refractivity contribution in [3.63, 3.8) is 0 Å². The quantitative estimate of drug-likeness (QED) is 0.327. The summed E-state index contributed by atoms with van der Waals surface area (Å²) >= 11 is -10.9. The van der Waals surface area contributed by atoms with Crippen LogP contribution in [0, 0.1) is 44.4 Å². The van der Waals surface area contributed by atoms with Gasteiger partial charge in [0.05, 0.1) is 0 Å². The van der Waals surface area contributed by atoms with Gasteiger partial charge >= 0.3 is 0 Å². The summed E-state index contributed by atoms with van der Waals surface area (Å²) in [6.07, 6.45) is 0. The van der Waals surface area contributed by atoms with Gasteiger partial charge in [-0.05, 0) is 0 Å². The van der Waals surface area contributed by atoms with Crippen molar-refractivity contribution in [2.24, 2.45) is 0 Å². The van der Waals surface area contributed by atoms with Crippen LogP contribution in [0.15, 0.2) is 0 Å². The minimum Gasteiger partial charge on any atom is -0.405 e. The van der Waals surface area contributed by atoms with Crippen molar-refractivity contribution < 1.29 is 115 Å². The molecule has 1 radical (unpaired) electrons. The van der Waals surface area contributed by atoms with Crippen LogP contribution >= 0.6 is 0 Å². The van der Waals surface area contributed by atoms with Gasteiger partial charge in [0, 0.05) is 32.7 Å². The summed E-state index contributed by atoms with van der Waals surface area (Å²) in [6.45, 7) is 0. The molecule has 81 valence electrons. The summed E-state index contributed by atoms with van der Waals surface area (Å²) in [6, 6.07) is 0. The summed E-state index contributed by atoms with van der Waals surface area (Å²) < 4.78 is 76.7. The summed E-state index contributed by atoms with van der Waals surface area (Å²) in [5, 5.41) is 0. The van der Waals surface area contributed by atoms with Gasteiger partial charge in [0.1, 0.15) is 0 Å². The minimum atomic E-state index is -3.65. The van der Waals surface area contributed by atoms with E-state index in [0.29, 0.717) is 0 Å². The van der Waals surface area contributed by atoms with Crippen molar-refractivity contribution in [3.05, 3.63) is 0 Å². The first kappa shape index (κ1) is 24.4. The fourth-order valence-electron chi connectivity index (χ4n) is 0. The summed E-state index contributed by atoms with van der Waals surface area (Å²) in [4.78, 5) is 0. The van der Waals surface area contributed by atoms with Crippen LogP contribution in [-0.4, -0.2) is 0 Å². The molecular formula is Br3O9Y-3. The molecule has 0 aliphatic rings. The summed E-state index contributed by atoms with van der Waals surface area (Å²) in [5.41, 5.74) is 0. The Hall–Kier alpha value is 2.18. The van der Waals surface area contributed by atoms with Crippen LogP contribution in [0.2, 0.25) is 0 Å². The van der Waals surface area contributed by atoms with Crippen molar-refractivity contribution in [3.8, 4) is 0 Å². The van der Waals surface area contributed by atoms with Crippen LogP contribution in [0.5, 0.6) is 0 Å². The fraction of sp³-hybridized carbons (Fsp3) is 0. The second-order valence-corrected chi connectivity index (χ2v) is 2.95. The average Bonchev–Trinajstić information content (AvgIpc) is 1.54. The first-order valence-corrected chi connectivity index (χ1v) is 7.22. The van der Waals surface area contributed by atoms with Gasteiger partial charge in [0.25, 0.3) is 0 Å². The summed E-state index contributed by atoms with van der Waals surface area (Å²) in [5.74, 6) is 0. The van der Waals surface area contributed by atoms with Crippen LogP contribution < -0.4 is 37.8 Å². The van der Waals surface area contributed by atoms with Gasteiger partial charge in [-0.15, -0.1) is 0 Å². The Bertz CT molecular complexity index is 43.4. The minimum absolute atomic E-state index is 0. The molecule has 13 heteroatoms. The van der Waals surface area contributed by atoms with Crippen LogP contribution in [-0.2, 0) is 32.7 Å². The Kier molecular flexibility index (Phi) is 37.0. The molecule has 0 spiro atoms. The van der Waals surface area contributed by atoms with Crippen molar-refractivity contribution in [1.82, 2.24) is 0 Å². The molecule has 0 amide bonds. The van der Waals surface area contributed by atoms with Crippen LogP contribution in [0.4, 0.5) is 0 Å². The Balaban J connectivity index is -0.0000000450. The van der Waals surface area contributed by atoms with Crippen molar-refractivity contribution in [2.45, 2.75) is 0 Å². The van der Waals surface area contributed by atoms with E-state index in [9.17, 15) is 0 Å². The Morgan fingerprint density at radius 3 is 0.385 bits per heavy atom. The van der Waals surface area contributed by atoms with Gasteiger partial charge in [-0.3, -0.25) is 0 Å². The van der Waals surface area contributed by atoms with Crippen LogP contribution in [0.25, 0.3) is 0 Å². The number of hydrogen-bond acceptors (Lipinski definition) is 9. The second-order valence-electron chi connectivity index (χ2n) is 0.567. The standard InChI is InChI=1S/3BrO3.Y/c3*2-1(3)4;/q3*-1;. The van der Waals surface area contributed by atoms with Crippen molar-refractivity contribution in [2.75, 3.05) is 0 Å². The normalized spacial score (nSPS) is 8.31. The Morgan fingerprint density at radius 1 is 0.385 bits per heavy atom. The molecule has 0 aromatic heterocycles. The topological polar surface area (TPSA) is 208 Å². The molecule has 0 aromatic rings. The molecule has 0 saturated heterocycles. The zero-order chi connectivity index (χ0) is 10.7. The molecule has 0 unspecified atom stereocenters. The zero-order valence-corrected chi connectivity index (χ0v) is 13.0. The van der Waals surface area contributed by atoms with Gasteiger partial charge in [0.2, 0.25) is 44.4 Å². The molecule has 0 saturated carbocycles. The maximum atomic E-state index is 8.52. The molecule has 0 N–H and O–H groups in total. The van der Waals surface area contributed by atoms with E-state index < -0.39 is 44.4 Å². The molecule has 0 atom stereocenters. The zero-order valence-electron chi connectivity index (χ0n) is 5.39. The van der Waals surface area contributed by atoms with Crippen molar-refractivity contribution >= 4 is 0 Å². The van der Waals surface area contributed by atoms with Gasteiger partial charge in [-0.1, -0.05) is 0 Å². The van der Waals surface area contributed by atoms with E-state index >= 15 is 0 Å². The van der Waals surface area contributed by atoms with Gasteiger partial charge in [-0.25, -0.2) is 0 Å². The van der Waals surface area contributed by atoms with Gasteiger partial charge in [-0.2, -0.15) is 0 Å². The smallest absolute Gasteiger partial charge is 0.216 e. The third-order valence-corrected chi connectivity index (χ3v) is 0. The predicted octanol–water partition coefficient (Wildman–Crippen LogP) is -10.7. The van der Waals surface area contributed by atoms with Gasteiger partial charge in [0.15, 0.2) is 0 Å².